The van der Waals surface area contributed by atoms with Gasteiger partial charge in [0, 0.05) is 39.5 Å². The normalized spacial score (nSPS) is 37.9. The van der Waals surface area contributed by atoms with Gasteiger partial charge in [-0.25, -0.2) is 0 Å². The van der Waals surface area contributed by atoms with Crippen molar-refractivity contribution in [3.63, 3.8) is 0 Å². The zero-order valence-electron chi connectivity index (χ0n) is 47.5. The minimum absolute atomic E-state index is 0. The minimum Gasteiger partial charge on any atom is -0.679 e. The summed E-state index contributed by atoms with van der Waals surface area (Å²) >= 11 is 0. The second-order valence-corrected chi connectivity index (χ2v) is 23.5. The third-order valence-electron chi connectivity index (χ3n) is 18.2. The van der Waals surface area contributed by atoms with E-state index in [1.807, 2.05) is 51.8 Å². The van der Waals surface area contributed by atoms with E-state index in [1.165, 1.54) is 57.8 Å². The summed E-state index contributed by atoms with van der Waals surface area (Å²) in [6.07, 6.45) is 47.3. The molecule has 1 aromatic carbocycles. The molecule has 9 aliphatic rings. The van der Waals surface area contributed by atoms with E-state index in [-0.39, 0.29) is 70.4 Å². The number of methoxy groups -OCH3 is 4. The van der Waals surface area contributed by atoms with Gasteiger partial charge < -0.3 is 50.8 Å². The summed E-state index contributed by atoms with van der Waals surface area (Å²) in [5, 5.41) is 31.5. The fourth-order valence-corrected chi connectivity index (χ4v) is 13.5. The Morgan fingerprint density at radius 3 is 1.23 bits per heavy atom. The predicted molar refractivity (Wildman–Crippen MR) is 314 cm³/mol. The summed E-state index contributed by atoms with van der Waals surface area (Å²) < 4.78 is 21.8. The van der Waals surface area contributed by atoms with Crippen LogP contribution in [0.3, 0.4) is 0 Å². The van der Waals surface area contributed by atoms with Gasteiger partial charge in [-0.2, -0.15) is 41.9 Å². The van der Waals surface area contributed by atoms with Gasteiger partial charge in [-0.05, 0) is 126 Å². The van der Waals surface area contributed by atoms with Crippen molar-refractivity contribution in [3.05, 3.63) is 80.1 Å². The van der Waals surface area contributed by atoms with Crippen LogP contribution in [0.1, 0.15) is 173 Å². The van der Waals surface area contributed by atoms with Crippen LogP contribution in [0, 0.1) is 0 Å². The first-order valence-corrected chi connectivity index (χ1v) is 30.4. The van der Waals surface area contributed by atoms with Crippen molar-refractivity contribution in [2.75, 3.05) is 28.4 Å². The van der Waals surface area contributed by atoms with Gasteiger partial charge in [0.25, 0.3) is 0 Å². The molecule has 6 aliphatic heterocycles. The van der Waals surface area contributed by atoms with Crippen LogP contribution in [-0.4, -0.2) is 156 Å². The largest absolute Gasteiger partial charge is 2.00 e. The van der Waals surface area contributed by atoms with Gasteiger partial charge in [-0.15, -0.1) is 6.04 Å². The molecule has 6 heterocycles. The molecule has 78 heavy (non-hydrogen) atoms. The van der Waals surface area contributed by atoms with Gasteiger partial charge in [-0.3, -0.25) is 20.0 Å². The topological polar surface area (TPSA) is 171 Å². The van der Waals surface area contributed by atoms with Crippen molar-refractivity contribution in [2.24, 2.45) is 20.0 Å². The molecule has 10 rings (SSSR count). The second kappa shape index (κ2) is 33.7. The van der Waals surface area contributed by atoms with E-state index >= 15 is 0 Å². The molecule has 16 heteroatoms. The van der Waals surface area contributed by atoms with Gasteiger partial charge in [-0.1, -0.05) is 139 Å². The molecular formula is C62H94Cu2N10O4-3. The molecule has 0 amide bonds. The summed E-state index contributed by atoms with van der Waals surface area (Å²) in [5.74, 6) is 0.832. The summed E-state index contributed by atoms with van der Waals surface area (Å²) in [6, 6.07) is 12.1. The molecule has 11 unspecified atom stereocenters. The minimum atomic E-state index is -0.0633. The van der Waals surface area contributed by atoms with Crippen molar-refractivity contribution in [1.29, 1.82) is 0 Å². The molecule has 1 radical (unpaired) electrons. The van der Waals surface area contributed by atoms with Gasteiger partial charge >= 0.3 is 34.1 Å². The Bertz CT molecular complexity index is 1980. The molecular weight excluding hydrogens is 1080 g/mol. The Kier molecular flexibility index (Phi) is 27.4. The van der Waals surface area contributed by atoms with Crippen LogP contribution < -0.4 is 4.74 Å². The number of hydrogen-bond donors (Lipinski definition) is 0. The molecule has 0 bridgehead atoms. The maximum Gasteiger partial charge on any atom is 2.00 e. The van der Waals surface area contributed by atoms with Crippen LogP contribution in [-0.2, 0) is 48.3 Å². The molecule has 3 saturated carbocycles. The van der Waals surface area contributed by atoms with Crippen molar-refractivity contribution < 1.29 is 53.1 Å². The molecule has 1 aromatic rings. The molecule has 5 saturated heterocycles. The Hall–Kier alpha value is -2.30. The number of aliphatic imine (C=N–C) groups is 4. The SMILES string of the molecule is COC1CCC(N=CC2CCCC(C3CCCC(C4CCCC(C=NC5CCC(OC)CC5)[N-]4)[N-]3)[N-]2)CC1.COc1ccc(N=CC2C=CC=C(C3CCCC(C4CCCC(C=NC5CCC(OC)CC5)[N-]4)[N-]3)[N-]2)cc1.[Cu+2].[Cu+]. The molecule has 0 N–H and O–H groups in total. The number of benzene rings is 1. The fraction of sp³-hybridized carbons (Fsp3) is 0.774. The standard InChI is InChI=1S/C31H52N5O2.C31H42N5O2.2Cu/c2*1-37-26-16-12-22(13-17-26)32-20-24-6-3-8-28(34-24)30-10-5-11-31(36-30)29-9-4-7-25(35-29)21-33-23-14-18-27(38-2)19-15-23;;/h20-31H,3-19H2,1-2H3;3,6,8,12-13,16-17,20-21,23-25,27,29-31H,4-5,7,9-11,14-15,18-19H2,1-2H3;;/q2*-3;+1;+2. The summed E-state index contributed by atoms with van der Waals surface area (Å²) in [5.41, 5.74) is 1.97. The molecule has 11 atom stereocenters. The van der Waals surface area contributed by atoms with Gasteiger partial charge in [0.15, 0.2) is 0 Å². The first kappa shape index (κ1) is 63.3. The zero-order chi connectivity index (χ0) is 52.3. The van der Waals surface area contributed by atoms with Crippen LogP contribution in [0.2, 0.25) is 0 Å². The quantitative estimate of drug-likeness (QED) is 0.119. The number of hydrogen-bond acceptors (Lipinski definition) is 8. The van der Waals surface area contributed by atoms with E-state index in [4.69, 9.17) is 65.8 Å². The fourth-order valence-electron chi connectivity index (χ4n) is 13.5. The van der Waals surface area contributed by atoms with E-state index in [1.54, 1.807) is 7.11 Å². The number of allylic oxidation sites excluding steroid dienone is 2. The molecule has 0 spiro atoms. The Morgan fingerprint density at radius 2 is 0.821 bits per heavy atom. The van der Waals surface area contributed by atoms with Crippen LogP contribution in [0.25, 0.3) is 31.9 Å². The number of nitrogens with zero attached hydrogens (tertiary/aromatic N) is 10. The van der Waals surface area contributed by atoms with E-state index in [2.05, 4.69) is 41.9 Å². The van der Waals surface area contributed by atoms with E-state index < -0.39 is 0 Å². The third-order valence-corrected chi connectivity index (χ3v) is 18.2. The average Bonchev–Trinajstić information content (AvgIpc) is 3.50. The van der Waals surface area contributed by atoms with Crippen LogP contribution in [0.15, 0.2) is 68.2 Å². The summed E-state index contributed by atoms with van der Waals surface area (Å²) in [7, 11) is 7.16. The maximum absolute atomic E-state index is 5.52. The van der Waals surface area contributed by atoms with Crippen molar-refractivity contribution in [2.45, 2.75) is 276 Å². The third kappa shape index (κ3) is 19.4. The van der Waals surface area contributed by atoms with Gasteiger partial charge in [0.1, 0.15) is 5.75 Å². The number of ether oxygens (including phenoxy) is 4. The smallest absolute Gasteiger partial charge is 0.679 e. The summed E-state index contributed by atoms with van der Waals surface area (Å²) in [6.45, 7) is 0. The van der Waals surface area contributed by atoms with Crippen LogP contribution in [0.5, 0.6) is 5.75 Å². The first-order chi connectivity index (χ1) is 37.4. The molecule has 441 valence electrons. The van der Waals surface area contributed by atoms with Gasteiger partial charge in [0.05, 0.1) is 31.1 Å². The van der Waals surface area contributed by atoms with Crippen molar-refractivity contribution in [1.82, 2.24) is 0 Å². The Morgan fingerprint density at radius 1 is 0.436 bits per heavy atom. The second-order valence-electron chi connectivity index (χ2n) is 23.5. The monoisotopic (exact) mass is 1170 g/mol. The van der Waals surface area contributed by atoms with Crippen molar-refractivity contribution in [3.8, 4) is 5.75 Å². The Labute approximate surface area is 491 Å². The molecule has 14 nitrogen and oxygen atoms in total. The van der Waals surface area contributed by atoms with E-state index in [0.29, 0.717) is 66.6 Å². The molecule has 8 fully saturated rings. The average molecular weight is 1170 g/mol. The number of piperidine rings is 5. The molecule has 0 aromatic heterocycles. The van der Waals surface area contributed by atoms with Crippen molar-refractivity contribution >= 4 is 30.5 Å². The van der Waals surface area contributed by atoms with E-state index in [0.717, 1.165) is 133 Å². The van der Waals surface area contributed by atoms with E-state index in [9.17, 15) is 0 Å². The van der Waals surface area contributed by atoms with Gasteiger partial charge in [0.2, 0.25) is 0 Å². The first-order valence-electron chi connectivity index (χ1n) is 30.4. The van der Waals surface area contributed by atoms with Crippen LogP contribution in [0.4, 0.5) is 5.69 Å². The predicted octanol–water partition coefficient (Wildman–Crippen LogP) is 14.1. The van der Waals surface area contributed by atoms with Crippen LogP contribution >= 0.6 is 0 Å². The number of rotatable bonds is 16. The maximum atomic E-state index is 5.52. The Balaban J connectivity index is 0.000000220. The molecule has 3 aliphatic carbocycles. The summed E-state index contributed by atoms with van der Waals surface area (Å²) in [4.78, 5) is 19.5. The zero-order valence-corrected chi connectivity index (χ0v) is 49.3.